The molecule has 5 heteroatoms. The van der Waals surface area contributed by atoms with Crippen molar-refractivity contribution in [3.8, 4) is 11.8 Å². The highest BCUT2D eigenvalue weighted by Crippen LogP contribution is 2.27. The van der Waals surface area contributed by atoms with Gasteiger partial charge in [0.15, 0.2) is 11.5 Å². The zero-order chi connectivity index (χ0) is 18.7. The van der Waals surface area contributed by atoms with E-state index in [2.05, 4.69) is 23.8 Å². The molecule has 1 atom stereocenters. The Morgan fingerprint density at radius 1 is 1.19 bits per heavy atom. The standard InChI is InChI=1S/C21H24N2O3/c1-21(2,25)12-11-17-9-10-19(26-17)20(24)23-14-13-22(3)15-18(23)16-7-5-4-6-8-16/h4-10,18,25H,13-15H2,1-3H3. The fraction of sp³-hybridized carbons (Fsp3) is 0.381. The number of likely N-dealkylation sites (N-methyl/N-ethyl adjacent to an activating group) is 1. The topological polar surface area (TPSA) is 56.9 Å². The normalized spacial score (nSPS) is 18.3. The second kappa shape index (κ2) is 7.36. The molecule has 0 bridgehead atoms. The first-order valence-corrected chi connectivity index (χ1v) is 8.73. The number of nitrogens with zero attached hydrogens (tertiary/aromatic N) is 2. The molecule has 1 unspecified atom stereocenters. The van der Waals surface area contributed by atoms with Gasteiger partial charge in [-0.1, -0.05) is 36.3 Å². The molecule has 1 aromatic carbocycles. The van der Waals surface area contributed by atoms with Gasteiger partial charge in [0.05, 0.1) is 6.04 Å². The van der Waals surface area contributed by atoms with E-state index in [1.807, 2.05) is 35.2 Å². The quantitative estimate of drug-likeness (QED) is 0.844. The average molecular weight is 352 g/mol. The minimum Gasteiger partial charge on any atom is -0.443 e. The van der Waals surface area contributed by atoms with Gasteiger partial charge in [-0.15, -0.1) is 0 Å². The van der Waals surface area contributed by atoms with E-state index in [0.717, 1.165) is 18.7 Å². The number of furan rings is 1. The van der Waals surface area contributed by atoms with Crippen LogP contribution in [-0.4, -0.2) is 53.1 Å². The Balaban J connectivity index is 1.83. The summed E-state index contributed by atoms with van der Waals surface area (Å²) < 4.78 is 5.62. The molecule has 0 aliphatic carbocycles. The van der Waals surface area contributed by atoms with E-state index in [9.17, 15) is 9.90 Å². The summed E-state index contributed by atoms with van der Waals surface area (Å²) in [5, 5.41) is 9.69. The number of rotatable bonds is 2. The number of carbonyl (C=O) groups excluding carboxylic acids is 1. The predicted molar refractivity (Wildman–Crippen MR) is 99.6 cm³/mol. The lowest BCUT2D eigenvalue weighted by Gasteiger charge is -2.39. The molecule has 1 amide bonds. The van der Waals surface area contributed by atoms with Crippen molar-refractivity contribution in [2.24, 2.45) is 0 Å². The van der Waals surface area contributed by atoms with Crippen molar-refractivity contribution in [3.63, 3.8) is 0 Å². The lowest BCUT2D eigenvalue weighted by atomic mass is 10.0. The SMILES string of the molecule is CN1CCN(C(=O)c2ccc(C#CC(C)(C)O)o2)C(c2ccccc2)C1. The molecule has 1 aromatic heterocycles. The Hall–Kier alpha value is -2.55. The van der Waals surface area contributed by atoms with Crippen molar-refractivity contribution in [3.05, 3.63) is 59.5 Å². The molecule has 5 nitrogen and oxygen atoms in total. The van der Waals surface area contributed by atoms with Crippen molar-refractivity contribution in [1.29, 1.82) is 0 Å². The van der Waals surface area contributed by atoms with E-state index in [0.29, 0.717) is 12.3 Å². The van der Waals surface area contributed by atoms with E-state index in [4.69, 9.17) is 4.42 Å². The van der Waals surface area contributed by atoms with E-state index < -0.39 is 5.60 Å². The third kappa shape index (κ3) is 4.34. The van der Waals surface area contributed by atoms with Crippen LogP contribution in [0.25, 0.3) is 0 Å². The van der Waals surface area contributed by atoms with Crippen LogP contribution in [0, 0.1) is 11.8 Å². The Bertz CT molecular complexity index is 824. The van der Waals surface area contributed by atoms with Gasteiger partial charge < -0.3 is 19.3 Å². The lowest BCUT2D eigenvalue weighted by Crippen LogP contribution is -2.49. The number of amides is 1. The van der Waals surface area contributed by atoms with Gasteiger partial charge in [-0.25, -0.2) is 0 Å². The van der Waals surface area contributed by atoms with Gasteiger partial charge in [0.2, 0.25) is 0 Å². The summed E-state index contributed by atoms with van der Waals surface area (Å²) in [6, 6.07) is 13.4. The molecule has 1 saturated heterocycles. The summed E-state index contributed by atoms with van der Waals surface area (Å²) in [6.45, 7) is 5.44. The van der Waals surface area contributed by atoms with Crippen LogP contribution in [0.4, 0.5) is 0 Å². The maximum Gasteiger partial charge on any atom is 0.290 e. The number of carbonyl (C=O) groups is 1. The molecule has 1 aliphatic rings. The van der Waals surface area contributed by atoms with Crippen molar-refractivity contribution in [1.82, 2.24) is 9.80 Å². The average Bonchev–Trinajstić information content (AvgIpc) is 3.09. The van der Waals surface area contributed by atoms with Crippen molar-refractivity contribution in [2.75, 3.05) is 26.7 Å². The van der Waals surface area contributed by atoms with Crippen LogP contribution >= 0.6 is 0 Å². The van der Waals surface area contributed by atoms with E-state index in [-0.39, 0.29) is 17.7 Å². The number of piperazine rings is 1. The van der Waals surface area contributed by atoms with Crippen molar-refractivity contribution < 1.29 is 14.3 Å². The van der Waals surface area contributed by atoms with Gasteiger partial charge in [-0.3, -0.25) is 4.79 Å². The monoisotopic (exact) mass is 352 g/mol. The molecular formula is C21H24N2O3. The second-order valence-corrected chi connectivity index (χ2v) is 7.16. The molecule has 1 N–H and O–H groups in total. The lowest BCUT2D eigenvalue weighted by molar-refractivity contribution is 0.0467. The van der Waals surface area contributed by atoms with Crippen LogP contribution < -0.4 is 0 Å². The van der Waals surface area contributed by atoms with Crippen LogP contribution in [0.3, 0.4) is 0 Å². The molecule has 2 heterocycles. The Morgan fingerprint density at radius 3 is 2.62 bits per heavy atom. The first kappa shape index (κ1) is 18.2. The van der Waals surface area contributed by atoms with Crippen LogP contribution in [0.1, 0.15) is 41.8 Å². The van der Waals surface area contributed by atoms with Gasteiger partial charge >= 0.3 is 0 Å². The van der Waals surface area contributed by atoms with Gasteiger partial charge in [-0.2, -0.15) is 0 Å². The zero-order valence-corrected chi connectivity index (χ0v) is 15.4. The highest BCUT2D eigenvalue weighted by Gasteiger charge is 2.32. The van der Waals surface area contributed by atoms with Crippen molar-refractivity contribution >= 4 is 5.91 Å². The molecule has 0 spiro atoms. The number of aliphatic hydroxyl groups is 1. The molecule has 136 valence electrons. The third-order valence-corrected chi connectivity index (χ3v) is 4.34. The summed E-state index contributed by atoms with van der Waals surface area (Å²) in [4.78, 5) is 17.1. The largest absolute Gasteiger partial charge is 0.443 e. The maximum absolute atomic E-state index is 13.0. The fourth-order valence-electron chi connectivity index (χ4n) is 3.00. The molecule has 2 aromatic rings. The molecule has 0 radical (unpaired) electrons. The third-order valence-electron chi connectivity index (χ3n) is 4.34. The minimum absolute atomic E-state index is 0.0153. The van der Waals surface area contributed by atoms with Gasteiger partial charge in [0.25, 0.3) is 5.91 Å². The summed E-state index contributed by atoms with van der Waals surface area (Å²) in [5.74, 6) is 5.97. The number of benzene rings is 1. The Kier molecular flexibility index (Phi) is 5.17. The second-order valence-electron chi connectivity index (χ2n) is 7.16. The number of hydrogen-bond donors (Lipinski definition) is 1. The summed E-state index contributed by atoms with van der Waals surface area (Å²) >= 11 is 0. The van der Waals surface area contributed by atoms with E-state index in [1.54, 1.807) is 26.0 Å². The zero-order valence-electron chi connectivity index (χ0n) is 15.4. The molecule has 1 fully saturated rings. The van der Waals surface area contributed by atoms with Gasteiger partial charge in [0.1, 0.15) is 5.60 Å². The molecule has 0 saturated carbocycles. The molecule has 3 rings (SSSR count). The summed E-state index contributed by atoms with van der Waals surface area (Å²) in [7, 11) is 2.06. The smallest absolute Gasteiger partial charge is 0.290 e. The first-order valence-electron chi connectivity index (χ1n) is 8.73. The van der Waals surface area contributed by atoms with E-state index >= 15 is 0 Å². The van der Waals surface area contributed by atoms with Crippen LogP contribution in [0.2, 0.25) is 0 Å². The van der Waals surface area contributed by atoms with Gasteiger partial charge in [-0.05, 0) is 44.5 Å². The van der Waals surface area contributed by atoms with Gasteiger partial charge in [0, 0.05) is 19.6 Å². The van der Waals surface area contributed by atoms with Crippen LogP contribution in [-0.2, 0) is 0 Å². The summed E-state index contributed by atoms with van der Waals surface area (Å²) in [5.41, 5.74) is 0.00769. The highest BCUT2D eigenvalue weighted by molar-refractivity contribution is 5.92. The van der Waals surface area contributed by atoms with E-state index in [1.165, 1.54) is 0 Å². The van der Waals surface area contributed by atoms with Crippen LogP contribution in [0.15, 0.2) is 46.9 Å². The predicted octanol–water partition coefficient (Wildman–Crippen LogP) is 2.53. The first-order chi connectivity index (χ1) is 12.3. The Morgan fingerprint density at radius 2 is 1.92 bits per heavy atom. The molecule has 1 aliphatic heterocycles. The molecule has 26 heavy (non-hydrogen) atoms. The number of hydrogen-bond acceptors (Lipinski definition) is 4. The minimum atomic E-state index is -1.10. The van der Waals surface area contributed by atoms with Crippen LogP contribution in [0.5, 0.6) is 0 Å². The summed E-state index contributed by atoms with van der Waals surface area (Å²) in [6.07, 6.45) is 0. The fourth-order valence-corrected chi connectivity index (χ4v) is 3.00. The maximum atomic E-state index is 13.0. The Labute approximate surface area is 154 Å². The highest BCUT2D eigenvalue weighted by atomic mass is 16.4. The molecular weight excluding hydrogens is 328 g/mol. The van der Waals surface area contributed by atoms with Crippen molar-refractivity contribution in [2.45, 2.75) is 25.5 Å².